The highest BCUT2D eigenvalue weighted by Gasteiger charge is 2.20. The summed E-state index contributed by atoms with van der Waals surface area (Å²) in [6, 6.07) is 5.92. The van der Waals surface area contributed by atoms with E-state index in [1.165, 1.54) is 12.1 Å². The zero-order valence-electron chi connectivity index (χ0n) is 11.2. The van der Waals surface area contributed by atoms with Crippen molar-refractivity contribution in [1.29, 1.82) is 0 Å². The van der Waals surface area contributed by atoms with Crippen LogP contribution in [0.1, 0.15) is 12.2 Å². The smallest absolute Gasteiger partial charge is 0.142 e. The van der Waals surface area contributed by atoms with Crippen LogP contribution in [0.5, 0.6) is 0 Å². The number of hydrogen-bond acceptors (Lipinski definition) is 3. The second-order valence-corrected chi connectivity index (χ2v) is 5.75. The van der Waals surface area contributed by atoms with E-state index in [1.54, 1.807) is 12.1 Å². The molecule has 0 aliphatic carbocycles. The van der Waals surface area contributed by atoms with Gasteiger partial charge in [0.1, 0.15) is 21.9 Å². The fourth-order valence-electron chi connectivity index (χ4n) is 2.40. The van der Waals surface area contributed by atoms with Gasteiger partial charge >= 0.3 is 0 Å². The number of ether oxygens (including phenoxy) is 1. The third kappa shape index (κ3) is 3.34. The predicted molar refractivity (Wildman–Crippen MR) is 80.1 cm³/mol. The summed E-state index contributed by atoms with van der Waals surface area (Å²) >= 11 is 12.5. The molecule has 1 aromatic carbocycles. The lowest BCUT2D eigenvalue weighted by Crippen LogP contribution is -2.08. The summed E-state index contributed by atoms with van der Waals surface area (Å²) in [6.45, 7) is 1.50. The van der Waals surface area contributed by atoms with Gasteiger partial charge in [-0.25, -0.2) is 14.4 Å². The Morgan fingerprint density at radius 1 is 1.14 bits per heavy atom. The molecule has 1 fully saturated rings. The number of nitrogens with zero attached hydrogens (tertiary/aromatic N) is 2. The van der Waals surface area contributed by atoms with E-state index in [-0.39, 0.29) is 16.1 Å². The summed E-state index contributed by atoms with van der Waals surface area (Å²) < 4.78 is 18.3. The van der Waals surface area contributed by atoms with Crippen LogP contribution in [0.3, 0.4) is 0 Å². The maximum atomic E-state index is 13.0. The van der Waals surface area contributed by atoms with E-state index >= 15 is 0 Å². The lowest BCUT2D eigenvalue weighted by molar-refractivity contribution is 0.185. The molecule has 110 valence electrons. The van der Waals surface area contributed by atoms with Gasteiger partial charge in [-0.1, -0.05) is 35.3 Å². The van der Waals surface area contributed by atoms with Gasteiger partial charge in [-0.3, -0.25) is 0 Å². The van der Waals surface area contributed by atoms with E-state index in [4.69, 9.17) is 27.9 Å². The van der Waals surface area contributed by atoms with Gasteiger partial charge in [-0.2, -0.15) is 0 Å². The van der Waals surface area contributed by atoms with Gasteiger partial charge < -0.3 is 4.74 Å². The topological polar surface area (TPSA) is 35.0 Å². The fourth-order valence-corrected chi connectivity index (χ4v) is 3.04. The largest absolute Gasteiger partial charge is 0.381 e. The lowest BCUT2D eigenvalue weighted by Gasteiger charge is -2.10. The molecule has 0 amide bonds. The van der Waals surface area contributed by atoms with Crippen LogP contribution in [0, 0.1) is 11.7 Å². The molecule has 0 bridgehead atoms. The number of benzene rings is 1. The molecule has 0 radical (unpaired) electrons. The van der Waals surface area contributed by atoms with Gasteiger partial charge in [0.05, 0.1) is 5.56 Å². The van der Waals surface area contributed by atoms with Crippen LogP contribution in [0.15, 0.2) is 24.3 Å². The molecule has 0 saturated carbocycles. The molecule has 0 spiro atoms. The Kier molecular flexibility index (Phi) is 4.38. The molecule has 3 rings (SSSR count). The maximum Gasteiger partial charge on any atom is 0.142 e. The van der Waals surface area contributed by atoms with Crippen molar-refractivity contribution in [3.8, 4) is 11.1 Å². The van der Waals surface area contributed by atoms with Crippen molar-refractivity contribution in [2.75, 3.05) is 13.2 Å². The van der Waals surface area contributed by atoms with Crippen molar-refractivity contribution in [3.05, 3.63) is 46.2 Å². The number of rotatable bonds is 3. The van der Waals surface area contributed by atoms with Crippen molar-refractivity contribution in [2.45, 2.75) is 12.8 Å². The first-order valence-corrected chi connectivity index (χ1v) is 7.44. The van der Waals surface area contributed by atoms with E-state index in [1.807, 2.05) is 0 Å². The first kappa shape index (κ1) is 14.7. The van der Waals surface area contributed by atoms with Crippen molar-refractivity contribution in [3.63, 3.8) is 0 Å². The third-order valence-electron chi connectivity index (χ3n) is 3.50. The van der Waals surface area contributed by atoms with Gasteiger partial charge in [0.15, 0.2) is 0 Å². The van der Waals surface area contributed by atoms with Crippen LogP contribution >= 0.6 is 23.2 Å². The predicted octanol–water partition coefficient (Wildman–Crippen LogP) is 4.17. The molecule has 3 nitrogen and oxygen atoms in total. The van der Waals surface area contributed by atoms with E-state index < -0.39 is 0 Å². The Labute approximate surface area is 132 Å². The van der Waals surface area contributed by atoms with Crippen LogP contribution in [0.2, 0.25) is 10.3 Å². The van der Waals surface area contributed by atoms with Gasteiger partial charge in [0.2, 0.25) is 0 Å². The number of aromatic nitrogens is 2. The van der Waals surface area contributed by atoms with Crippen molar-refractivity contribution >= 4 is 23.2 Å². The second-order valence-electron chi connectivity index (χ2n) is 5.04. The average molecular weight is 327 g/mol. The normalized spacial score (nSPS) is 18.1. The van der Waals surface area contributed by atoms with E-state index in [9.17, 15) is 4.39 Å². The van der Waals surface area contributed by atoms with Crippen LogP contribution in [0.25, 0.3) is 11.1 Å². The van der Waals surface area contributed by atoms with E-state index in [2.05, 4.69) is 9.97 Å². The van der Waals surface area contributed by atoms with E-state index in [0.29, 0.717) is 29.3 Å². The molecule has 1 aromatic heterocycles. The zero-order valence-corrected chi connectivity index (χ0v) is 12.7. The lowest BCUT2D eigenvalue weighted by atomic mass is 10.0. The van der Waals surface area contributed by atoms with Crippen molar-refractivity contribution in [1.82, 2.24) is 9.97 Å². The zero-order chi connectivity index (χ0) is 14.8. The SMILES string of the molecule is Fc1ccc(-c2c(Cl)nc(CC3CCOC3)nc2Cl)cc1. The molecule has 1 aliphatic heterocycles. The summed E-state index contributed by atoms with van der Waals surface area (Å²) in [5, 5.41) is 0.575. The number of hydrogen-bond donors (Lipinski definition) is 0. The van der Waals surface area contributed by atoms with Gasteiger partial charge in [-0.15, -0.1) is 0 Å². The molecular formula is C15H13Cl2FN2O. The average Bonchev–Trinajstić information content (AvgIpc) is 2.93. The molecule has 1 saturated heterocycles. The maximum absolute atomic E-state index is 13.0. The molecule has 0 N–H and O–H groups in total. The Morgan fingerprint density at radius 3 is 2.38 bits per heavy atom. The third-order valence-corrected chi connectivity index (χ3v) is 4.04. The first-order chi connectivity index (χ1) is 10.1. The molecule has 1 atom stereocenters. The van der Waals surface area contributed by atoms with Gasteiger partial charge in [-0.05, 0) is 30.0 Å². The van der Waals surface area contributed by atoms with Crippen molar-refractivity contribution in [2.24, 2.45) is 5.92 Å². The minimum absolute atomic E-state index is 0.288. The van der Waals surface area contributed by atoms with Gasteiger partial charge in [0.25, 0.3) is 0 Å². The van der Waals surface area contributed by atoms with E-state index in [0.717, 1.165) is 19.6 Å². The summed E-state index contributed by atoms with van der Waals surface area (Å²) in [7, 11) is 0. The highest BCUT2D eigenvalue weighted by atomic mass is 35.5. The summed E-state index contributed by atoms with van der Waals surface area (Å²) in [6.07, 6.45) is 1.70. The Bertz CT molecular complexity index is 620. The number of halogens is 3. The summed E-state index contributed by atoms with van der Waals surface area (Å²) in [5.74, 6) is 0.713. The molecule has 2 aromatic rings. The monoisotopic (exact) mass is 326 g/mol. The quantitative estimate of drug-likeness (QED) is 0.794. The standard InChI is InChI=1S/C15H13Cl2FN2O/c16-14-13(10-1-3-11(18)4-2-10)15(17)20-12(19-14)7-9-5-6-21-8-9/h1-4,9H,5-8H2. The summed E-state index contributed by atoms with van der Waals surface area (Å²) in [5.41, 5.74) is 1.23. The fraction of sp³-hybridized carbons (Fsp3) is 0.333. The Balaban J connectivity index is 1.90. The molecule has 2 heterocycles. The Morgan fingerprint density at radius 2 is 1.81 bits per heavy atom. The summed E-state index contributed by atoms with van der Waals surface area (Å²) in [4.78, 5) is 8.63. The highest BCUT2D eigenvalue weighted by molar-refractivity contribution is 6.37. The van der Waals surface area contributed by atoms with Crippen LogP contribution in [-0.4, -0.2) is 23.2 Å². The molecule has 1 aliphatic rings. The van der Waals surface area contributed by atoms with Crippen LogP contribution in [-0.2, 0) is 11.2 Å². The minimum atomic E-state index is -0.315. The Hall–Kier alpha value is -1.23. The molecule has 6 heteroatoms. The van der Waals surface area contributed by atoms with Crippen molar-refractivity contribution < 1.29 is 9.13 Å². The molecule has 21 heavy (non-hydrogen) atoms. The van der Waals surface area contributed by atoms with Crippen LogP contribution in [0.4, 0.5) is 4.39 Å². The second kappa shape index (κ2) is 6.26. The first-order valence-electron chi connectivity index (χ1n) is 6.69. The van der Waals surface area contributed by atoms with Gasteiger partial charge in [0, 0.05) is 19.6 Å². The molecule has 1 unspecified atom stereocenters. The molecular weight excluding hydrogens is 314 g/mol. The minimum Gasteiger partial charge on any atom is -0.381 e. The van der Waals surface area contributed by atoms with Crippen LogP contribution < -0.4 is 0 Å². The highest BCUT2D eigenvalue weighted by Crippen LogP contribution is 2.33.